The Balaban J connectivity index is 1.76. The third-order valence-corrected chi connectivity index (χ3v) is 4.88. The Morgan fingerprint density at radius 2 is 2.12 bits per heavy atom. The first-order chi connectivity index (χ1) is 12.5. The maximum absolute atomic E-state index is 12.7. The van der Waals surface area contributed by atoms with Crippen molar-refractivity contribution in [1.82, 2.24) is 10.2 Å². The Morgan fingerprint density at radius 3 is 2.81 bits per heavy atom. The molecule has 0 spiro atoms. The number of benzene rings is 1. The number of hydrogen-bond acceptors (Lipinski definition) is 6. The molecular weight excluding hydrogens is 336 g/mol. The van der Waals surface area contributed by atoms with Crippen molar-refractivity contribution in [3.8, 4) is 5.75 Å². The number of fused-ring (bicyclic) bond motifs is 1. The molecule has 2 aliphatic heterocycles. The summed E-state index contributed by atoms with van der Waals surface area (Å²) in [5, 5.41) is 2.93. The molecule has 1 atom stereocenters. The van der Waals surface area contributed by atoms with Gasteiger partial charge < -0.3 is 19.5 Å². The van der Waals surface area contributed by atoms with Crippen LogP contribution in [0.2, 0.25) is 0 Å². The van der Waals surface area contributed by atoms with Crippen molar-refractivity contribution in [2.45, 2.75) is 26.4 Å². The van der Waals surface area contributed by atoms with Crippen LogP contribution in [0.1, 0.15) is 38.8 Å². The van der Waals surface area contributed by atoms with Crippen LogP contribution in [-0.4, -0.2) is 69.4 Å². The highest BCUT2D eigenvalue weighted by Crippen LogP contribution is 2.34. The summed E-state index contributed by atoms with van der Waals surface area (Å²) in [4.78, 5) is 27.3. The molecule has 142 valence electrons. The van der Waals surface area contributed by atoms with E-state index in [0.29, 0.717) is 29.8 Å². The van der Waals surface area contributed by atoms with Gasteiger partial charge in [-0.3, -0.25) is 9.69 Å². The van der Waals surface area contributed by atoms with E-state index >= 15 is 0 Å². The van der Waals surface area contributed by atoms with Gasteiger partial charge in [0.05, 0.1) is 25.9 Å². The van der Waals surface area contributed by atoms with Gasteiger partial charge in [-0.1, -0.05) is 0 Å². The highest BCUT2D eigenvalue weighted by atomic mass is 16.5. The number of nitrogens with zero attached hydrogens (tertiary/aromatic N) is 1. The van der Waals surface area contributed by atoms with Crippen LogP contribution < -0.4 is 10.1 Å². The van der Waals surface area contributed by atoms with Crippen molar-refractivity contribution in [3.63, 3.8) is 0 Å². The molecule has 1 saturated heterocycles. The van der Waals surface area contributed by atoms with E-state index in [0.717, 1.165) is 44.0 Å². The first kappa shape index (κ1) is 18.7. The van der Waals surface area contributed by atoms with E-state index < -0.39 is 5.97 Å². The molecule has 2 aliphatic rings. The van der Waals surface area contributed by atoms with Crippen molar-refractivity contribution in [2.24, 2.45) is 0 Å². The van der Waals surface area contributed by atoms with Crippen molar-refractivity contribution in [2.75, 3.05) is 46.5 Å². The van der Waals surface area contributed by atoms with Gasteiger partial charge in [-0.15, -0.1) is 0 Å². The summed E-state index contributed by atoms with van der Waals surface area (Å²) in [7, 11) is 1.47. The second-order valence-electron chi connectivity index (χ2n) is 6.76. The van der Waals surface area contributed by atoms with Crippen LogP contribution in [-0.2, 0) is 15.9 Å². The molecule has 0 saturated carbocycles. The number of aryl methyl sites for hydroxylation is 1. The lowest BCUT2D eigenvalue weighted by molar-refractivity contribution is 0.0296. The predicted molar refractivity (Wildman–Crippen MR) is 95.9 cm³/mol. The molecule has 7 heteroatoms. The van der Waals surface area contributed by atoms with E-state index in [2.05, 4.69) is 10.2 Å². The minimum atomic E-state index is -0.429. The molecule has 1 N–H and O–H groups in total. The van der Waals surface area contributed by atoms with Gasteiger partial charge in [0, 0.05) is 32.6 Å². The second kappa shape index (κ2) is 8.05. The lowest BCUT2D eigenvalue weighted by Crippen LogP contribution is -2.41. The van der Waals surface area contributed by atoms with E-state index in [-0.39, 0.29) is 12.0 Å². The molecule has 1 fully saturated rings. The number of ether oxygens (including phenoxy) is 3. The first-order valence-electron chi connectivity index (χ1n) is 9.01. The average molecular weight is 362 g/mol. The van der Waals surface area contributed by atoms with Gasteiger partial charge in [0.25, 0.3) is 5.91 Å². The molecule has 0 radical (unpaired) electrons. The summed E-state index contributed by atoms with van der Waals surface area (Å²) in [5.41, 5.74) is 2.55. The van der Waals surface area contributed by atoms with E-state index in [4.69, 9.17) is 14.2 Å². The van der Waals surface area contributed by atoms with Gasteiger partial charge in [-0.2, -0.15) is 0 Å². The van der Waals surface area contributed by atoms with Gasteiger partial charge in [0.15, 0.2) is 0 Å². The Bertz CT molecular complexity index is 698. The number of cyclic esters (lactones) is 1. The summed E-state index contributed by atoms with van der Waals surface area (Å²) in [5.74, 6) is -0.375. The Morgan fingerprint density at radius 1 is 1.38 bits per heavy atom. The lowest BCUT2D eigenvalue weighted by Gasteiger charge is -2.27. The van der Waals surface area contributed by atoms with E-state index in [1.54, 1.807) is 6.07 Å². The van der Waals surface area contributed by atoms with Crippen LogP contribution in [0, 0.1) is 6.92 Å². The standard InChI is InChI=1S/C19H26N2O5/c1-12-10-15(18(22)20-4-5-21-6-8-25-9-7-21)17(24-3)16-14(12)11-13(2)26-19(16)23/h10,13H,4-9,11H2,1-3H3,(H,20,22)/t13-/m1/s1. The molecule has 0 aliphatic carbocycles. The predicted octanol–water partition coefficient (Wildman–Crippen LogP) is 1.17. The second-order valence-corrected chi connectivity index (χ2v) is 6.76. The maximum Gasteiger partial charge on any atom is 0.342 e. The van der Waals surface area contributed by atoms with Crippen LogP contribution in [0.25, 0.3) is 0 Å². The number of esters is 1. The van der Waals surface area contributed by atoms with Crippen LogP contribution in [0.5, 0.6) is 5.75 Å². The molecule has 26 heavy (non-hydrogen) atoms. The molecule has 0 aromatic heterocycles. The summed E-state index contributed by atoms with van der Waals surface area (Å²) in [6, 6.07) is 1.80. The number of nitrogens with one attached hydrogen (secondary N) is 1. The highest BCUT2D eigenvalue weighted by Gasteiger charge is 2.32. The zero-order valence-electron chi connectivity index (χ0n) is 15.6. The number of carbonyl (C=O) groups excluding carboxylic acids is 2. The molecule has 0 bridgehead atoms. The monoisotopic (exact) mass is 362 g/mol. The smallest absolute Gasteiger partial charge is 0.342 e. The third-order valence-electron chi connectivity index (χ3n) is 4.88. The Hall–Kier alpha value is -2.12. The number of morpholine rings is 1. The Kier molecular flexibility index (Phi) is 5.78. The van der Waals surface area contributed by atoms with Gasteiger partial charge in [0.1, 0.15) is 17.4 Å². The number of carbonyl (C=O) groups is 2. The van der Waals surface area contributed by atoms with E-state index in [1.807, 2.05) is 13.8 Å². The van der Waals surface area contributed by atoms with Crippen molar-refractivity contribution in [1.29, 1.82) is 0 Å². The summed E-state index contributed by atoms with van der Waals surface area (Å²) < 4.78 is 16.1. The number of amides is 1. The molecule has 1 aromatic carbocycles. The van der Waals surface area contributed by atoms with Gasteiger partial charge >= 0.3 is 5.97 Å². The molecule has 1 aromatic rings. The number of rotatable bonds is 5. The molecule has 1 amide bonds. The fourth-order valence-electron chi connectivity index (χ4n) is 3.52. The minimum absolute atomic E-state index is 0.174. The van der Waals surface area contributed by atoms with E-state index in [1.165, 1.54) is 7.11 Å². The molecule has 0 unspecified atom stereocenters. The fourth-order valence-corrected chi connectivity index (χ4v) is 3.52. The minimum Gasteiger partial charge on any atom is -0.495 e. The first-order valence-corrected chi connectivity index (χ1v) is 9.01. The van der Waals surface area contributed by atoms with Gasteiger partial charge in [-0.05, 0) is 31.0 Å². The summed E-state index contributed by atoms with van der Waals surface area (Å²) >= 11 is 0. The van der Waals surface area contributed by atoms with Crippen molar-refractivity contribution >= 4 is 11.9 Å². The summed E-state index contributed by atoms with van der Waals surface area (Å²) in [6.07, 6.45) is 0.453. The number of hydrogen-bond donors (Lipinski definition) is 1. The Labute approximate surface area is 153 Å². The third kappa shape index (κ3) is 3.83. The highest BCUT2D eigenvalue weighted by molar-refractivity contribution is 6.04. The topological polar surface area (TPSA) is 77.1 Å². The van der Waals surface area contributed by atoms with Gasteiger partial charge in [-0.25, -0.2) is 4.79 Å². The quantitative estimate of drug-likeness (QED) is 0.793. The maximum atomic E-state index is 12.7. The van der Waals surface area contributed by atoms with Crippen LogP contribution in [0.15, 0.2) is 6.07 Å². The summed E-state index contributed by atoms with van der Waals surface area (Å²) in [6.45, 7) is 8.27. The van der Waals surface area contributed by atoms with Crippen LogP contribution in [0.3, 0.4) is 0 Å². The number of methoxy groups -OCH3 is 1. The largest absolute Gasteiger partial charge is 0.495 e. The van der Waals surface area contributed by atoms with Gasteiger partial charge in [0.2, 0.25) is 0 Å². The van der Waals surface area contributed by atoms with Crippen LogP contribution in [0.4, 0.5) is 0 Å². The van der Waals surface area contributed by atoms with E-state index in [9.17, 15) is 9.59 Å². The molecular formula is C19H26N2O5. The zero-order chi connectivity index (χ0) is 18.7. The average Bonchev–Trinajstić information content (AvgIpc) is 2.62. The van der Waals surface area contributed by atoms with Crippen molar-refractivity contribution < 1.29 is 23.8 Å². The SMILES string of the molecule is COc1c(C(=O)NCCN2CCOCC2)cc(C)c2c1C(=O)O[C@H](C)C2. The normalized spacial score (nSPS) is 20.3. The molecule has 3 rings (SSSR count). The molecule has 2 heterocycles. The lowest BCUT2D eigenvalue weighted by atomic mass is 9.91. The zero-order valence-corrected chi connectivity index (χ0v) is 15.6. The molecule has 7 nitrogen and oxygen atoms in total. The van der Waals surface area contributed by atoms with Crippen LogP contribution >= 0.6 is 0 Å². The fraction of sp³-hybridized carbons (Fsp3) is 0.579. The van der Waals surface area contributed by atoms with Crippen molar-refractivity contribution in [3.05, 3.63) is 28.3 Å².